The molecular formula is C22H28N4O. The van der Waals surface area contributed by atoms with E-state index in [9.17, 15) is 4.79 Å². The van der Waals surface area contributed by atoms with Crippen LogP contribution in [0.3, 0.4) is 0 Å². The highest BCUT2D eigenvalue weighted by molar-refractivity contribution is 5.84. The van der Waals surface area contributed by atoms with Gasteiger partial charge in [0.2, 0.25) is 5.91 Å². The van der Waals surface area contributed by atoms with Crippen molar-refractivity contribution in [3.8, 4) is 0 Å². The van der Waals surface area contributed by atoms with Crippen LogP contribution in [0.2, 0.25) is 0 Å². The van der Waals surface area contributed by atoms with Crippen molar-refractivity contribution in [1.82, 2.24) is 20.1 Å². The van der Waals surface area contributed by atoms with E-state index in [-0.39, 0.29) is 5.91 Å². The molecule has 0 aliphatic rings. The zero-order chi connectivity index (χ0) is 19.6. The van der Waals surface area contributed by atoms with Crippen LogP contribution in [0.4, 0.5) is 0 Å². The molecule has 0 spiro atoms. The number of rotatable bonds is 6. The SMILES string of the molecule is Cc1nc2c(c(C)nn2C)c(C)c1CCC(=O)NCC(C)c1ccccc1. The van der Waals surface area contributed by atoms with Gasteiger partial charge >= 0.3 is 0 Å². The van der Waals surface area contributed by atoms with Gasteiger partial charge in [-0.25, -0.2) is 4.98 Å². The third kappa shape index (κ3) is 4.02. The summed E-state index contributed by atoms with van der Waals surface area (Å²) in [4.78, 5) is 17.1. The second kappa shape index (κ2) is 7.91. The maximum atomic E-state index is 12.4. The van der Waals surface area contributed by atoms with E-state index in [0.29, 0.717) is 25.3 Å². The molecule has 5 heteroatoms. The van der Waals surface area contributed by atoms with Gasteiger partial charge in [0.15, 0.2) is 5.65 Å². The van der Waals surface area contributed by atoms with Gasteiger partial charge < -0.3 is 5.32 Å². The lowest BCUT2D eigenvalue weighted by Crippen LogP contribution is -2.27. The van der Waals surface area contributed by atoms with Gasteiger partial charge in [0.25, 0.3) is 0 Å². The Kier molecular flexibility index (Phi) is 5.59. The van der Waals surface area contributed by atoms with E-state index in [1.165, 1.54) is 11.1 Å². The molecule has 27 heavy (non-hydrogen) atoms. The van der Waals surface area contributed by atoms with Crippen LogP contribution in [0.25, 0.3) is 11.0 Å². The monoisotopic (exact) mass is 364 g/mol. The normalized spacial score (nSPS) is 12.3. The van der Waals surface area contributed by atoms with Gasteiger partial charge in [-0.3, -0.25) is 9.48 Å². The molecule has 2 aromatic heterocycles. The first-order valence-corrected chi connectivity index (χ1v) is 9.49. The summed E-state index contributed by atoms with van der Waals surface area (Å²) in [6.45, 7) is 8.91. The van der Waals surface area contributed by atoms with Crippen molar-refractivity contribution in [3.63, 3.8) is 0 Å². The quantitative estimate of drug-likeness (QED) is 0.725. The van der Waals surface area contributed by atoms with E-state index < -0.39 is 0 Å². The number of aryl methyl sites for hydroxylation is 4. The summed E-state index contributed by atoms with van der Waals surface area (Å²) in [6.07, 6.45) is 1.16. The lowest BCUT2D eigenvalue weighted by molar-refractivity contribution is -0.121. The largest absolute Gasteiger partial charge is 0.355 e. The smallest absolute Gasteiger partial charge is 0.220 e. The number of hydrogen-bond donors (Lipinski definition) is 1. The second-order valence-corrected chi connectivity index (χ2v) is 7.32. The van der Waals surface area contributed by atoms with Crippen molar-refractivity contribution >= 4 is 16.9 Å². The number of nitrogens with zero attached hydrogens (tertiary/aromatic N) is 3. The first-order chi connectivity index (χ1) is 12.9. The standard InChI is InChI=1S/C22H28N4O/c1-14(18-9-7-6-8-10-18)13-23-20(27)12-11-19-15(2)21-17(4)25-26(5)22(21)24-16(19)3/h6-10,14H,11-13H2,1-5H3,(H,23,27). The fourth-order valence-electron chi connectivity index (χ4n) is 3.72. The molecule has 0 aliphatic heterocycles. The fourth-order valence-corrected chi connectivity index (χ4v) is 3.72. The Hall–Kier alpha value is -2.69. The van der Waals surface area contributed by atoms with Crippen LogP contribution < -0.4 is 5.32 Å². The molecule has 0 saturated heterocycles. The van der Waals surface area contributed by atoms with E-state index in [0.717, 1.165) is 28.0 Å². The molecule has 1 amide bonds. The summed E-state index contributed by atoms with van der Waals surface area (Å²) >= 11 is 0. The zero-order valence-corrected chi connectivity index (χ0v) is 16.8. The van der Waals surface area contributed by atoms with E-state index in [1.54, 1.807) is 0 Å². The Balaban J connectivity index is 1.64. The fraction of sp³-hybridized carbons (Fsp3) is 0.409. The van der Waals surface area contributed by atoms with Gasteiger partial charge in [0.1, 0.15) is 0 Å². The molecule has 0 fully saturated rings. The summed E-state index contributed by atoms with van der Waals surface area (Å²) in [6, 6.07) is 10.3. The van der Waals surface area contributed by atoms with E-state index >= 15 is 0 Å². The summed E-state index contributed by atoms with van der Waals surface area (Å²) in [7, 11) is 1.92. The van der Waals surface area contributed by atoms with Gasteiger partial charge in [-0.05, 0) is 49.8 Å². The van der Waals surface area contributed by atoms with Gasteiger partial charge in [-0.2, -0.15) is 5.10 Å². The minimum atomic E-state index is 0.0830. The van der Waals surface area contributed by atoms with Crippen LogP contribution in [-0.2, 0) is 18.3 Å². The zero-order valence-electron chi connectivity index (χ0n) is 16.8. The molecule has 142 valence electrons. The summed E-state index contributed by atoms with van der Waals surface area (Å²) in [5, 5.41) is 8.66. The number of amides is 1. The molecule has 0 aliphatic carbocycles. The lowest BCUT2D eigenvalue weighted by atomic mass is 9.99. The van der Waals surface area contributed by atoms with E-state index in [4.69, 9.17) is 4.98 Å². The Labute approximate surface area is 160 Å². The maximum absolute atomic E-state index is 12.4. The minimum absolute atomic E-state index is 0.0830. The first kappa shape index (κ1) is 19.1. The van der Waals surface area contributed by atoms with Crippen molar-refractivity contribution in [2.24, 2.45) is 7.05 Å². The van der Waals surface area contributed by atoms with Crippen LogP contribution in [0.15, 0.2) is 30.3 Å². The minimum Gasteiger partial charge on any atom is -0.355 e. The highest BCUT2D eigenvalue weighted by Gasteiger charge is 2.16. The number of fused-ring (bicyclic) bond motifs is 1. The molecule has 1 atom stereocenters. The van der Waals surface area contributed by atoms with Crippen molar-refractivity contribution in [2.45, 2.75) is 46.5 Å². The molecule has 2 heterocycles. The molecule has 3 aromatic rings. The Bertz CT molecular complexity index is 960. The molecule has 1 N–H and O–H groups in total. The number of nitrogens with one attached hydrogen (secondary N) is 1. The summed E-state index contributed by atoms with van der Waals surface area (Å²) < 4.78 is 1.83. The predicted octanol–water partition coefficient (Wildman–Crippen LogP) is 3.75. The van der Waals surface area contributed by atoms with Crippen LogP contribution in [0, 0.1) is 20.8 Å². The molecule has 0 radical (unpaired) electrons. The third-order valence-electron chi connectivity index (χ3n) is 5.31. The van der Waals surface area contributed by atoms with Crippen LogP contribution in [0.1, 0.15) is 47.3 Å². The molecule has 1 unspecified atom stereocenters. The van der Waals surface area contributed by atoms with Crippen LogP contribution in [-0.4, -0.2) is 27.2 Å². The third-order valence-corrected chi connectivity index (χ3v) is 5.31. The number of carbonyl (C=O) groups is 1. The summed E-state index contributed by atoms with van der Waals surface area (Å²) in [5.41, 5.74) is 6.46. The van der Waals surface area contributed by atoms with Crippen molar-refractivity contribution in [2.75, 3.05) is 6.54 Å². The number of pyridine rings is 1. The highest BCUT2D eigenvalue weighted by Crippen LogP contribution is 2.26. The van der Waals surface area contributed by atoms with Gasteiger partial charge in [-0.1, -0.05) is 37.3 Å². The second-order valence-electron chi connectivity index (χ2n) is 7.32. The van der Waals surface area contributed by atoms with E-state index in [2.05, 4.69) is 36.4 Å². The Morgan fingerprint density at radius 2 is 1.85 bits per heavy atom. The number of carbonyl (C=O) groups excluding carboxylic acids is 1. The van der Waals surface area contributed by atoms with Crippen LogP contribution >= 0.6 is 0 Å². The van der Waals surface area contributed by atoms with Crippen LogP contribution in [0.5, 0.6) is 0 Å². The molecule has 3 rings (SSSR count). The van der Waals surface area contributed by atoms with Gasteiger partial charge in [0, 0.05) is 31.1 Å². The van der Waals surface area contributed by atoms with Gasteiger partial charge in [-0.15, -0.1) is 0 Å². The first-order valence-electron chi connectivity index (χ1n) is 9.49. The number of benzene rings is 1. The molecule has 0 bridgehead atoms. The molecule has 0 saturated carbocycles. The molecule has 5 nitrogen and oxygen atoms in total. The number of hydrogen-bond acceptors (Lipinski definition) is 3. The Morgan fingerprint density at radius 3 is 2.56 bits per heavy atom. The van der Waals surface area contributed by atoms with E-state index in [1.807, 2.05) is 43.8 Å². The lowest BCUT2D eigenvalue weighted by Gasteiger charge is -2.14. The average molecular weight is 364 g/mol. The Morgan fingerprint density at radius 1 is 1.15 bits per heavy atom. The van der Waals surface area contributed by atoms with Crippen molar-refractivity contribution in [1.29, 1.82) is 0 Å². The van der Waals surface area contributed by atoms with Crippen molar-refractivity contribution in [3.05, 3.63) is 58.4 Å². The summed E-state index contributed by atoms with van der Waals surface area (Å²) in [5.74, 6) is 0.384. The van der Waals surface area contributed by atoms with Gasteiger partial charge in [0.05, 0.1) is 5.69 Å². The topological polar surface area (TPSA) is 59.8 Å². The maximum Gasteiger partial charge on any atom is 0.220 e. The predicted molar refractivity (Wildman–Crippen MR) is 109 cm³/mol. The molecule has 1 aromatic carbocycles. The van der Waals surface area contributed by atoms with Crippen molar-refractivity contribution < 1.29 is 4.79 Å². The highest BCUT2D eigenvalue weighted by atomic mass is 16.1. The average Bonchev–Trinajstić information content (AvgIpc) is 2.93. The number of aromatic nitrogens is 3. The molecular weight excluding hydrogens is 336 g/mol.